The van der Waals surface area contributed by atoms with Crippen LogP contribution in [-0.2, 0) is 29.2 Å². The van der Waals surface area contributed by atoms with Crippen molar-refractivity contribution >= 4 is 26.2 Å². The van der Waals surface area contributed by atoms with Gasteiger partial charge in [-0.25, -0.2) is 4.79 Å². The third-order valence-electron chi connectivity index (χ3n) is 1.12. The first kappa shape index (κ1) is 19.2. The molecule has 0 fully saturated rings. The fourth-order valence-electron chi connectivity index (χ4n) is 0.638. The second kappa shape index (κ2) is 8.04. The van der Waals surface area contributed by atoms with E-state index in [1.807, 2.05) is 0 Å². The highest BCUT2D eigenvalue weighted by Gasteiger charge is 2.22. The standard InChI is InChI=1S/C7H10O5S.CH4O3S/c1-3-4-5-6(7(8)9)12-13(2,10)11;1-5(2,3)4/h1,6H,4-5H2,2H3,(H,8,9);1H3,(H,2,3,4). The van der Waals surface area contributed by atoms with Crippen molar-refractivity contribution in [3.05, 3.63) is 0 Å². The predicted molar refractivity (Wildman–Crippen MR) is 62.9 cm³/mol. The third-order valence-corrected chi connectivity index (χ3v) is 1.70. The molecule has 106 valence electrons. The van der Waals surface area contributed by atoms with Gasteiger partial charge in [0.25, 0.3) is 20.2 Å². The Bertz CT molecular complexity index is 488. The van der Waals surface area contributed by atoms with Crippen LogP contribution in [0.1, 0.15) is 12.8 Å². The summed E-state index contributed by atoms with van der Waals surface area (Å²) < 4.78 is 51.3. The van der Waals surface area contributed by atoms with Crippen molar-refractivity contribution in [1.29, 1.82) is 0 Å². The third kappa shape index (κ3) is 20.3. The number of hydrogen-bond acceptors (Lipinski definition) is 6. The fourth-order valence-corrected chi connectivity index (χ4v) is 1.24. The Morgan fingerprint density at radius 2 is 1.72 bits per heavy atom. The number of carboxylic acids is 1. The van der Waals surface area contributed by atoms with Crippen LogP contribution in [0.25, 0.3) is 0 Å². The number of terminal acetylenes is 1. The Kier molecular flexibility index (Phi) is 8.57. The zero-order valence-electron chi connectivity index (χ0n) is 9.73. The van der Waals surface area contributed by atoms with Crippen LogP contribution in [0.3, 0.4) is 0 Å². The van der Waals surface area contributed by atoms with Gasteiger partial charge in [0.15, 0.2) is 6.10 Å². The molecule has 0 heterocycles. The van der Waals surface area contributed by atoms with Gasteiger partial charge in [-0.2, -0.15) is 16.8 Å². The highest BCUT2D eigenvalue weighted by Crippen LogP contribution is 2.05. The van der Waals surface area contributed by atoms with Crippen LogP contribution in [0.4, 0.5) is 0 Å². The van der Waals surface area contributed by atoms with Crippen LogP contribution in [0.2, 0.25) is 0 Å². The lowest BCUT2D eigenvalue weighted by atomic mass is 10.2. The van der Waals surface area contributed by atoms with Gasteiger partial charge in [-0.1, -0.05) is 0 Å². The molecular formula is C8H14O8S2. The van der Waals surface area contributed by atoms with E-state index in [4.69, 9.17) is 16.1 Å². The van der Waals surface area contributed by atoms with Crippen molar-refractivity contribution in [2.24, 2.45) is 0 Å². The molecule has 0 aliphatic carbocycles. The number of rotatable bonds is 5. The van der Waals surface area contributed by atoms with Crippen LogP contribution in [0.5, 0.6) is 0 Å². The molecule has 2 N–H and O–H groups in total. The van der Waals surface area contributed by atoms with Crippen molar-refractivity contribution < 1.29 is 35.5 Å². The quantitative estimate of drug-likeness (QED) is 0.388. The maximum absolute atomic E-state index is 10.6. The number of hydrogen-bond donors (Lipinski definition) is 2. The van der Waals surface area contributed by atoms with Crippen molar-refractivity contribution in [2.45, 2.75) is 18.9 Å². The van der Waals surface area contributed by atoms with Gasteiger partial charge in [-0.3, -0.25) is 8.74 Å². The largest absolute Gasteiger partial charge is 0.479 e. The van der Waals surface area contributed by atoms with E-state index in [9.17, 15) is 21.6 Å². The van der Waals surface area contributed by atoms with Gasteiger partial charge in [0, 0.05) is 6.42 Å². The number of carboxylic acid groups (broad SMARTS) is 1. The van der Waals surface area contributed by atoms with Crippen LogP contribution < -0.4 is 0 Å². The maximum Gasteiger partial charge on any atom is 0.334 e. The summed E-state index contributed by atoms with van der Waals surface area (Å²) in [5, 5.41) is 8.51. The minimum atomic E-state index is -3.75. The average molecular weight is 302 g/mol. The molecule has 0 aliphatic heterocycles. The summed E-state index contributed by atoms with van der Waals surface area (Å²) in [6.07, 6.45) is 5.16. The van der Waals surface area contributed by atoms with Crippen LogP contribution in [0, 0.1) is 12.3 Å². The molecule has 8 nitrogen and oxygen atoms in total. The van der Waals surface area contributed by atoms with Crippen LogP contribution in [0.15, 0.2) is 0 Å². The molecule has 0 aromatic heterocycles. The van der Waals surface area contributed by atoms with Gasteiger partial charge < -0.3 is 5.11 Å². The van der Waals surface area contributed by atoms with Crippen molar-refractivity contribution in [1.82, 2.24) is 0 Å². The SMILES string of the molecule is C#CCCC(OS(C)(=O)=O)C(=O)O.CS(=O)(=O)O. The summed E-state index contributed by atoms with van der Waals surface area (Å²) in [4.78, 5) is 10.4. The predicted octanol–water partition coefficient (Wildman–Crippen LogP) is -0.667. The first-order chi connectivity index (χ1) is 7.87. The molecular weight excluding hydrogens is 288 g/mol. The highest BCUT2D eigenvalue weighted by atomic mass is 32.2. The second-order valence-corrected chi connectivity index (χ2v) is 6.17. The molecule has 0 aromatic rings. The molecule has 0 radical (unpaired) electrons. The zero-order valence-corrected chi connectivity index (χ0v) is 11.4. The Labute approximate surface area is 106 Å². The molecule has 0 saturated carbocycles. The summed E-state index contributed by atoms with van der Waals surface area (Å²) in [6, 6.07) is 0. The smallest absolute Gasteiger partial charge is 0.334 e. The van der Waals surface area contributed by atoms with Gasteiger partial charge in [-0.15, -0.1) is 12.3 Å². The van der Waals surface area contributed by atoms with E-state index in [1.165, 1.54) is 0 Å². The van der Waals surface area contributed by atoms with Crippen LogP contribution in [-0.4, -0.2) is 51.1 Å². The molecule has 0 aliphatic rings. The zero-order chi connectivity index (χ0) is 15.0. The molecule has 0 spiro atoms. The topological polar surface area (TPSA) is 135 Å². The lowest BCUT2D eigenvalue weighted by Gasteiger charge is -2.09. The first-order valence-corrected chi connectivity index (χ1v) is 8.00. The minimum Gasteiger partial charge on any atom is -0.479 e. The number of carbonyl (C=O) groups is 1. The first-order valence-electron chi connectivity index (χ1n) is 4.33. The summed E-state index contributed by atoms with van der Waals surface area (Å²) in [6.45, 7) is 0. The Morgan fingerprint density at radius 3 is 1.94 bits per heavy atom. The molecule has 0 saturated heterocycles. The van der Waals surface area contributed by atoms with E-state index in [1.54, 1.807) is 0 Å². The molecule has 0 aromatic carbocycles. The second-order valence-electron chi connectivity index (χ2n) is 3.10. The van der Waals surface area contributed by atoms with Crippen molar-refractivity contribution in [2.75, 3.05) is 12.5 Å². The van der Waals surface area contributed by atoms with Gasteiger partial charge in [-0.05, 0) is 6.42 Å². The summed E-state index contributed by atoms with van der Waals surface area (Å²) in [7, 11) is -7.41. The molecule has 18 heavy (non-hydrogen) atoms. The molecule has 0 bridgehead atoms. The molecule has 10 heteroatoms. The van der Waals surface area contributed by atoms with Gasteiger partial charge in [0.1, 0.15) is 0 Å². The molecule has 1 atom stereocenters. The van der Waals surface area contributed by atoms with E-state index in [2.05, 4.69) is 10.1 Å². The maximum atomic E-state index is 10.6. The number of aliphatic carboxylic acids is 1. The molecule has 0 amide bonds. The van der Waals surface area contributed by atoms with E-state index < -0.39 is 32.3 Å². The average Bonchev–Trinajstić information content (AvgIpc) is 2.07. The summed E-state index contributed by atoms with van der Waals surface area (Å²) >= 11 is 0. The fraction of sp³-hybridized carbons (Fsp3) is 0.625. The lowest BCUT2D eigenvalue weighted by molar-refractivity contribution is -0.145. The Balaban J connectivity index is 0. The lowest BCUT2D eigenvalue weighted by Crippen LogP contribution is -2.26. The van der Waals surface area contributed by atoms with Gasteiger partial charge in [0.2, 0.25) is 0 Å². The van der Waals surface area contributed by atoms with Crippen LogP contribution >= 0.6 is 0 Å². The minimum absolute atomic E-state index is 0.0150. The van der Waals surface area contributed by atoms with E-state index >= 15 is 0 Å². The van der Waals surface area contributed by atoms with Crippen molar-refractivity contribution in [3.63, 3.8) is 0 Å². The molecule has 1 unspecified atom stereocenters. The van der Waals surface area contributed by atoms with E-state index in [-0.39, 0.29) is 12.8 Å². The normalized spacial score (nSPS) is 12.8. The summed E-state index contributed by atoms with van der Waals surface area (Å²) in [5.41, 5.74) is 0. The Hall–Kier alpha value is -1.15. The highest BCUT2D eigenvalue weighted by molar-refractivity contribution is 7.86. The van der Waals surface area contributed by atoms with E-state index in [0.717, 1.165) is 6.26 Å². The van der Waals surface area contributed by atoms with Crippen molar-refractivity contribution in [3.8, 4) is 12.3 Å². The molecule has 0 rings (SSSR count). The van der Waals surface area contributed by atoms with Gasteiger partial charge >= 0.3 is 5.97 Å². The van der Waals surface area contributed by atoms with E-state index in [0.29, 0.717) is 6.26 Å². The monoisotopic (exact) mass is 302 g/mol. The summed E-state index contributed by atoms with van der Waals surface area (Å²) in [5.74, 6) is 0.868. The Morgan fingerprint density at radius 1 is 1.33 bits per heavy atom. The van der Waals surface area contributed by atoms with Gasteiger partial charge in [0.05, 0.1) is 12.5 Å².